The van der Waals surface area contributed by atoms with Crippen molar-refractivity contribution in [1.82, 2.24) is 4.31 Å². The van der Waals surface area contributed by atoms with Gasteiger partial charge in [-0.25, -0.2) is 8.42 Å². The summed E-state index contributed by atoms with van der Waals surface area (Å²) in [5.74, 6) is -1.26. The van der Waals surface area contributed by atoms with Crippen molar-refractivity contribution in [2.45, 2.75) is 30.0 Å². The molecule has 1 aromatic rings. The summed E-state index contributed by atoms with van der Waals surface area (Å²) < 4.78 is 62.7. The maximum atomic E-state index is 12.4. The van der Waals surface area contributed by atoms with Gasteiger partial charge in [0.1, 0.15) is 6.04 Å². The number of hydrogen-bond donors (Lipinski definition) is 1. The first-order valence-corrected chi connectivity index (χ1v) is 7.50. The zero-order valence-electron chi connectivity index (χ0n) is 10.7. The molecule has 0 aromatic heterocycles. The lowest BCUT2D eigenvalue weighted by molar-refractivity contribution is -0.140. The second kappa shape index (κ2) is 5.30. The summed E-state index contributed by atoms with van der Waals surface area (Å²) in [5, 5.41) is 8.99. The van der Waals surface area contributed by atoms with Gasteiger partial charge in [0.25, 0.3) is 0 Å². The van der Waals surface area contributed by atoms with Crippen LogP contribution in [0.1, 0.15) is 18.4 Å². The number of benzene rings is 1. The molecule has 0 bridgehead atoms. The van der Waals surface area contributed by atoms with Crippen molar-refractivity contribution in [1.29, 1.82) is 0 Å². The Morgan fingerprint density at radius 1 is 1.24 bits per heavy atom. The zero-order valence-corrected chi connectivity index (χ0v) is 11.5. The highest BCUT2D eigenvalue weighted by atomic mass is 32.2. The number of alkyl halides is 3. The molecule has 0 saturated carbocycles. The second-order valence-corrected chi connectivity index (χ2v) is 6.52. The molecule has 116 valence electrons. The lowest BCUT2D eigenvalue weighted by Crippen LogP contribution is -2.40. The SMILES string of the molecule is O=C(O)C1CCCN1S(=O)(=O)c1ccc(C(F)(F)F)cc1. The first-order valence-electron chi connectivity index (χ1n) is 6.06. The molecule has 0 amide bonds. The Labute approximate surface area is 119 Å². The molecule has 0 radical (unpaired) electrons. The molecular formula is C12H12F3NO4S. The van der Waals surface area contributed by atoms with Gasteiger partial charge in [-0.3, -0.25) is 4.79 Å². The minimum Gasteiger partial charge on any atom is -0.480 e. The maximum Gasteiger partial charge on any atom is 0.416 e. The van der Waals surface area contributed by atoms with Crippen LogP contribution in [-0.4, -0.2) is 36.4 Å². The van der Waals surface area contributed by atoms with Gasteiger partial charge >= 0.3 is 12.1 Å². The molecule has 0 spiro atoms. The summed E-state index contributed by atoms with van der Waals surface area (Å²) in [6, 6.07) is 1.85. The van der Waals surface area contributed by atoms with E-state index in [0.29, 0.717) is 18.6 Å². The summed E-state index contributed by atoms with van der Waals surface area (Å²) in [6.07, 6.45) is -3.97. The third kappa shape index (κ3) is 3.03. The quantitative estimate of drug-likeness (QED) is 0.922. The van der Waals surface area contributed by atoms with E-state index in [2.05, 4.69) is 0 Å². The number of carboxylic acids is 1. The van der Waals surface area contributed by atoms with Crippen LogP contribution in [-0.2, 0) is 21.0 Å². The minimum absolute atomic E-state index is 0.0420. The highest BCUT2D eigenvalue weighted by molar-refractivity contribution is 7.89. The van der Waals surface area contributed by atoms with Crippen LogP contribution in [0.4, 0.5) is 13.2 Å². The topological polar surface area (TPSA) is 74.7 Å². The van der Waals surface area contributed by atoms with Crippen LogP contribution in [0.2, 0.25) is 0 Å². The van der Waals surface area contributed by atoms with Gasteiger partial charge in [-0.2, -0.15) is 17.5 Å². The van der Waals surface area contributed by atoms with Crippen LogP contribution in [0.5, 0.6) is 0 Å². The fourth-order valence-electron chi connectivity index (χ4n) is 2.23. The van der Waals surface area contributed by atoms with Crippen molar-refractivity contribution in [3.05, 3.63) is 29.8 Å². The van der Waals surface area contributed by atoms with Crippen molar-refractivity contribution in [3.8, 4) is 0 Å². The molecule has 21 heavy (non-hydrogen) atoms. The number of nitrogens with zero attached hydrogens (tertiary/aromatic N) is 1. The molecule has 1 heterocycles. The van der Waals surface area contributed by atoms with Crippen LogP contribution < -0.4 is 0 Å². The van der Waals surface area contributed by atoms with Crippen molar-refractivity contribution in [2.24, 2.45) is 0 Å². The summed E-state index contributed by atoms with van der Waals surface area (Å²) >= 11 is 0. The van der Waals surface area contributed by atoms with Crippen LogP contribution in [0.25, 0.3) is 0 Å². The van der Waals surface area contributed by atoms with Crippen LogP contribution in [0.3, 0.4) is 0 Å². The fourth-order valence-corrected chi connectivity index (χ4v) is 3.88. The van der Waals surface area contributed by atoms with Crippen molar-refractivity contribution in [2.75, 3.05) is 6.54 Å². The predicted octanol–water partition coefficient (Wildman–Crippen LogP) is 1.94. The van der Waals surface area contributed by atoms with E-state index in [9.17, 15) is 26.4 Å². The van der Waals surface area contributed by atoms with E-state index >= 15 is 0 Å². The molecule has 2 rings (SSSR count). The zero-order chi connectivity index (χ0) is 15.8. The van der Waals surface area contributed by atoms with Gasteiger partial charge in [0.05, 0.1) is 10.5 Å². The number of rotatable bonds is 3. The number of aliphatic carboxylic acids is 1. The number of halogens is 3. The summed E-state index contributed by atoms with van der Waals surface area (Å²) in [7, 11) is -4.11. The molecule has 1 unspecified atom stereocenters. The Kier molecular flexibility index (Phi) is 3.98. The molecule has 1 saturated heterocycles. The standard InChI is InChI=1S/C12H12F3NO4S/c13-12(14,15)8-3-5-9(6-4-8)21(19,20)16-7-1-2-10(16)11(17)18/h3-6,10H,1-2,7H2,(H,17,18). The number of carboxylic acid groups (broad SMARTS) is 1. The van der Waals surface area contributed by atoms with Gasteiger partial charge in [0.15, 0.2) is 0 Å². The van der Waals surface area contributed by atoms with E-state index < -0.39 is 33.8 Å². The molecule has 5 nitrogen and oxygen atoms in total. The average molecular weight is 323 g/mol. The highest BCUT2D eigenvalue weighted by Crippen LogP contribution is 2.31. The van der Waals surface area contributed by atoms with Gasteiger partial charge < -0.3 is 5.11 Å². The first-order chi connectivity index (χ1) is 9.64. The molecule has 1 aromatic carbocycles. The van der Waals surface area contributed by atoms with Crippen LogP contribution in [0, 0.1) is 0 Å². The molecule has 1 atom stereocenters. The molecule has 9 heteroatoms. The van der Waals surface area contributed by atoms with Crippen molar-refractivity contribution >= 4 is 16.0 Å². The maximum absolute atomic E-state index is 12.4. The number of carbonyl (C=O) groups is 1. The summed E-state index contributed by atoms with van der Waals surface area (Å²) in [5.41, 5.74) is -0.961. The smallest absolute Gasteiger partial charge is 0.416 e. The third-order valence-electron chi connectivity index (χ3n) is 3.28. The average Bonchev–Trinajstić information content (AvgIpc) is 2.88. The van der Waals surface area contributed by atoms with Gasteiger partial charge in [-0.15, -0.1) is 0 Å². The third-order valence-corrected chi connectivity index (χ3v) is 5.20. The Morgan fingerprint density at radius 2 is 1.81 bits per heavy atom. The number of hydrogen-bond acceptors (Lipinski definition) is 3. The van der Waals surface area contributed by atoms with E-state index in [1.165, 1.54) is 0 Å². The molecular weight excluding hydrogens is 311 g/mol. The number of sulfonamides is 1. The molecule has 0 aliphatic carbocycles. The van der Waals surface area contributed by atoms with Gasteiger partial charge in [0.2, 0.25) is 10.0 Å². The highest BCUT2D eigenvalue weighted by Gasteiger charge is 2.39. The van der Waals surface area contributed by atoms with E-state index in [-0.39, 0.29) is 17.9 Å². The Morgan fingerprint density at radius 3 is 2.29 bits per heavy atom. The second-order valence-electron chi connectivity index (χ2n) is 4.63. The largest absolute Gasteiger partial charge is 0.480 e. The molecule has 1 aliphatic rings. The van der Waals surface area contributed by atoms with Crippen LogP contribution in [0.15, 0.2) is 29.2 Å². The minimum atomic E-state index is -4.56. The molecule has 1 aliphatic heterocycles. The van der Waals surface area contributed by atoms with Crippen molar-refractivity contribution in [3.63, 3.8) is 0 Å². The van der Waals surface area contributed by atoms with Gasteiger partial charge in [-0.1, -0.05) is 0 Å². The fraction of sp³-hybridized carbons (Fsp3) is 0.417. The normalized spacial score (nSPS) is 20.6. The van der Waals surface area contributed by atoms with Gasteiger partial charge in [-0.05, 0) is 37.1 Å². The van der Waals surface area contributed by atoms with Gasteiger partial charge in [0, 0.05) is 6.54 Å². The Balaban J connectivity index is 2.34. The molecule has 1 N–H and O–H groups in total. The van der Waals surface area contributed by atoms with E-state index in [0.717, 1.165) is 16.4 Å². The monoisotopic (exact) mass is 323 g/mol. The van der Waals surface area contributed by atoms with E-state index in [1.54, 1.807) is 0 Å². The summed E-state index contributed by atoms with van der Waals surface area (Å²) in [6.45, 7) is 0.0420. The lowest BCUT2D eigenvalue weighted by Gasteiger charge is -2.21. The summed E-state index contributed by atoms with van der Waals surface area (Å²) in [4.78, 5) is 10.7. The lowest BCUT2D eigenvalue weighted by atomic mass is 10.2. The Bertz CT molecular complexity index is 639. The van der Waals surface area contributed by atoms with E-state index in [4.69, 9.17) is 5.11 Å². The van der Waals surface area contributed by atoms with Crippen molar-refractivity contribution < 1.29 is 31.5 Å². The first kappa shape index (κ1) is 15.8. The predicted molar refractivity (Wildman–Crippen MR) is 66.0 cm³/mol. The van der Waals surface area contributed by atoms with Crippen LogP contribution >= 0.6 is 0 Å². The molecule has 1 fully saturated rings. The van der Waals surface area contributed by atoms with E-state index in [1.807, 2.05) is 0 Å². The Hall–Kier alpha value is -1.61.